The Morgan fingerprint density at radius 2 is 2.29 bits per heavy atom. The molecule has 0 bridgehead atoms. The predicted molar refractivity (Wildman–Crippen MR) is 54.8 cm³/mol. The van der Waals surface area contributed by atoms with Crippen LogP contribution in [-0.2, 0) is 0 Å². The summed E-state index contributed by atoms with van der Waals surface area (Å²) >= 11 is 5.90. The SMILES string of the molecule is Cc1nc2cc(Cl)c(C(=N)N)cc2o1. The minimum atomic E-state index is -0.0778. The fourth-order valence-electron chi connectivity index (χ4n) is 1.27. The molecule has 0 aliphatic heterocycles. The standard InChI is InChI=1S/C9H8ClN3O/c1-4-13-7-3-6(10)5(9(11)12)2-8(7)14-4/h2-3H,1H3,(H3,11,12). The van der Waals surface area contributed by atoms with Gasteiger partial charge in [0, 0.05) is 12.5 Å². The van der Waals surface area contributed by atoms with Gasteiger partial charge in [-0.2, -0.15) is 0 Å². The van der Waals surface area contributed by atoms with Crippen molar-refractivity contribution in [3.8, 4) is 0 Å². The van der Waals surface area contributed by atoms with Gasteiger partial charge in [0.15, 0.2) is 11.5 Å². The van der Waals surface area contributed by atoms with Crippen LogP contribution in [0, 0.1) is 12.3 Å². The van der Waals surface area contributed by atoms with E-state index >= 15 is 0 Å². The van der Waals surface area contributed by atoms with Crippen LogP contribution in [0.25, 0.3) is 11.1 Å². The second-order valence-electron chi connectivity index (χ2n) is 2.95. The lowest BCUT2D eigenvalue weighted by atomic mass is 10.2. The van der Waals surface area contributed by atoms with Crippen molar-refractivity contribution in [2.45, 2.75) is 6.92 Å². The molecule has 2 aromatic rings. The van der Waals surface area contributed by atoms with Gasteiger partial charge in [-0.15, -0.1) is 0 Å². The van der Waals surface area contributed by atoms with Crippen LogP contribution in [0.4, 0.5) is 0 Å². The van der Waals surface area contributed by atoms with Gasteiger partial charge in [0.05, 0.1) is 5.02 Å². The van der Waals surface area contributed by atoms with Crippen LogP contribution in [-0.4, -0.2) is 10.8 Å². The van der Waals surface area contributed by atoms with E-state index in [9.17, 15) is 0 Å². The summed E-state index contributed by atoms with van der Waals surface area (Å²) in [5.74, 6) is 0.489. The van der Waals surface area contributed by atoms with E-state index in [1.165, 1.54) is 0 Å². The normalized spacial score (nSPS) is 10.7. The van der Waals surface area contributed by atoms with Crippen LogP contribution < -0.4 is 5.73 Å². The summed E-state index contributed by atoms with van der Waals surface area (Å²) in [6, 6.07) is 3.27. The first-order valence-corrected chi connectivity index (χ1v) is 4.37. The number of aromatic nitrogens is 1. The van der Waals surface area contributed by atoms with E-state index in [1.54, 1.807) is 19.1 Å². The summed E-state index contributed by atoms with van der Waals surface area (Å²) in [4.78, 5) is 4.11. The molecule has 1 aromatic carbocycles. The fraction of sp³-hybridized carbons (Fsp3) is 0.111. The molecular weight excluding hydrogens is 202 g/mol. The van der Waals surface area contributed by atoms with Crippen molar-refractivity contribution >= 4 is 28.5 Å². The van der Waals surface area contributed by atoms with Crippen molar-refractivity contribution in [1.82, 2.24) is 4.98 Å². The Kier molecular flexibility index (Phi) is 1.93. The molecule has 0 amide bonds. The average Bonchev–Trinajstić information content (AvgIpc) is 2.42. The third-order valence-electron chi connectivity index (χ3n) is 1.87. The Hall–Kier alpha value is -1.55. The zero-order valence-corrected chi connectivity index (χ0v) is 8.22. The highest BCUT2D eigenvalue weighted by atomic mass is 35.5. The van der Waals surface area contributed by atoms with Crippen LogP contribution in [0.3, 0.4) is 0 Å². The molecule has 3 N–H and O–H groups in total. The predicted octanol–water partition coefficient (Wildman–Crippen LogP) is 2.07. The smallest absolute Gasteiger partial charge is 0.192 e. The molecule has 5 heteroatoms. The van der Waals surface area contributed by atoms with Gasteiger partial charge in [-0.1, -0.05) is 11.6 Å². The number of rotatable bonds is 1. The number of nitrogen functional groups attached to an aromatic ring is 1. The number of aryl methyl sites for hydroxylation is 1. The molecule has 2 rings (SSSR count). The Balaban J connectivity index is 2.76. The second kappa shape index (κ2) is 2.99. The second-order valence-corrected chi connectivity index (χ2v) is 3.35. The molecule has 0 saturated carbocycles. The van der Waals surface area contributed by atoms with E-state index in [-0.39, 0.29) is 5.84 Å². The number of benzene rings is 1. The zero-order valence-electron chi connectivity index (χ0n) is 7.47. The first-order valence-electron chi connectivity index (χ1n) is 3.99. The summed E-state index contributed by atoms with van der Waals surface area (Å²) in [6.45, 7) is 1.75. The van der Waals surface area contributed by atoms with E-state index in [2.05, 4.69) is 4.98 Å². The van der Waals surface area contributed by atoms with Crippen LogP contribution in [0.5, 0.6) is 0 Å². The van der Waals surface area contributed by atoms with Crippen LogP contribution in [0.2, 0.25) is 5.02 Å². The van der Waals surface area contributed by atoms with Gasteiger partial charge in [0.2, 0.25) is 0 Å². The van der Waals surface area contributed by atoms with E-state index in [0.717, 1.165) is 0 Å². The minimum Gasteiger partial charge on any atom is -0.441 e. The van der Waals surface area contributed by atoms with Gasteiger partial charge in [-0.05, 0) is 12.1 Å². The lowest BCUT2D eigenvalue weighted by molar-refractivity contribution is 0.561. The van der Waals surface area contributed by atoms with E-state index < -0.39 is 0 Å². The van der Waals surface area contributed by atoms with Crippen molar-refractivity contribution < 1.29 is 4.42 Å². The van der Waals surface area contributed by atoms with Crippen molar-refractivity contribution in [3.05, 3.63) is 28.6 Å². The third-order valence-corrected chi connectivity index (χ3v) is 2.19. The molecule has 0 atom stereocenters. The van der Waals surface area contributed by atoms with Gasteiger partial charge in [0.1, 0.15) is 11.4 Å². The summed E-state index contributed by atoms with van der Waals surface area (Å²) in [5.41, 5.74) is 7.09. The zero-order chi connectivity index (χ0) is 10.3. The largest absolute Gasteiger partial charge is 0.441 e. The van der Waals surface area contributed by atoms with Crippen molar-refractivity contribution in [1.29, 1.82) is 5.41 Å². The number of oxazole rings is 1. The Morgan fingerprint density at radius 1 is 1.57 bits per heavy atom. The lowest BCUT2D eigenvalue weighted by Gasteiger charge is -1.99. The molecule has 0 spiro atoms. The number of amidine groups is 1. The number of fused-ring (bicyclic) bond motifs is 1. The summed E-state index contributed by atoms with van der Waals surface area (Å²) < 4.78 is 5.29. The number of halogens is 1. The van der Waals surface area contributed by atoms with Crippen molar-refractivity contribution in [3.63, 3.8) is 0 Å². The molecule has 72 valence electrons. The number of nitrogens with zero attached hydrogens (tertiary/aromatic N) is 1. The molecule has 0 unspecified atom stereocenters. The summed E-state index contributed by atoms with van der Waals surface area (Å²) in [6.07, 6.45) is 0. The molecule has 0 saturated heterocycles. The molecule has 1 aromatic heterocycles. The minimum absolute atomic E-state index is 0.0778. The monoisotopic (exact) mass is 209 g/mol. The number of hydrogen-bond acceptors (Lipinski definition) is 3. The van der Waals surface area contributed by atoms with Crippen LogP contribution >= 0.6 is 11.6 Å². The average molecular weight is 210 g/mol. The molecule has 0 radical (unpaired) electrons. The fourth-order valence-corrected chi connectivity index (χ4v) is 1.53. The maximum Gasteiger partial charge on any atom is 0.192 e. The molecule has 0 aliphatic carbocycles. The van der Waals surface area contributed by atoms with Gasteiger partial charge in [-0.25, -0.2) is 4.98 Å². The number of nitrogens with two attached hydrogens (primary N) is 1. The first kappa shape index (κ1) is 9.02. The molecule has 0 aliphatic rings. The lowest BCUT2D eigenvalue weighted by Crippen LogP contribution is -2.11. The molecule has 0 fully saturated rings. The third kappa shape index (κ3) is 1.33. The van der Waals surface area contributed by atoms with Gasteiger partial charge in [-0.3, -0.25) is 5.41 Å². The molecule has 14 heavy (non-hydrogen) atoms. The maximum atomic E-state index is 7.29. The Labute approximate surface area is 85.2 Å². The van der Waals surface area contributed by atoms with E-state index in [0.29, 0.717) is 27.6 Å². The van der Waals surface area contributed by atoms with Gasteiger partial charge >= 0.3 is 0 Å². The highest BCUT2D eigenvalue weighted by Crippen LogP contribution is 2.23. The molecule has 4 nitrogen and oxygen atoms in total. The van der Waals surface area contributed by atoms with Gasteiger partial charge in [0.25, 0.3) is 0 Å². The van der Waals surface area contributed by atoms with Crippen LogP contribution in [0.1, 0.15) is 11.5 Å². The maximum absolute atomic E-state index is 7.29. The Bertz CT molecular complexity index is 518. The van der Waals surface area contributed by atoms with E-state index in [4.69, 9.17) is 27.2 Å². The van der Waals surface area contributed by atoms with Crippen LogP contribution in [0.15, 0.2) is 16.5 Å². The highest BCUT2D eigenvalue weighted by molar-refractivity contribution is 6.34. The Morgan fingerprint density at radius 3 is 2.93 bits per heavy atom. The quantitative estimate of drug-likeness (QED) is 0.558. The summed E-state index contributed by atoms with van der Waals surface area (Å²) in [5, 5.41) is 7.70. The van der Waals surface area contributed by atoms with Gasteiger partial charge < -0.3 is 10.2 Å². The molecular formula is C9H8ClN3O. The first-order chi connectivity index (χ1) is 6.58. The number of hydrogen-bond donors (Lipinski definition) is 2. The topological polar surface area (TPSA) is 75.9 Å². The van der Waals surface area contributed by atoms with E-state index in [1.807, 2.05) is 0 Å². The highest BCUT2D eigenvalue weighted by Gasteiger charge is 2.09. The summed E-state index contributed by atoms with van der Waals surface area (Å²) in [7, 11) is 0. The van der Waals surface area contributed by atoms with Crippen molar-refractivity contribution in [2.75, 3.05) is 0 Å². The van der Waals surface area contributed by atoms with Crippen molar-refractivity contribution in [2.24, 2.45) is 5.73 Å². The number of nitrogens with one attached hydrogen (secondary N) is 1. The molecule has 1 heterocycles.